The van der Waals surface area contributed by atoms with Gasteiger partial charge in [-0.15, -0.1) is 12.4 Å². The third-order valence-corrected chi connectivity index (χ3v) is 3.53. The molecule has 0 radical (unpaired) electrons. The number of nitrogens with one attached hydrogen (secondary N) is 1. The number of carbonyl (C=O) groups excluding carboxylic acids is 1. The first-order chi connectivity index (χ1) is 11.0. The molecule has 2 aromatic carbocycles. The summed E-state index contributed by atoms with van der Waals surface area (Å²) in [5.74, 6) is 0.710. The molecule has 5 heteroatoms. The van der Waals surface area contributed by atoms with Gasteiger partial charge in [0.2, 0.25) is 0 Å². The number of carbonyl (C=O) groups is 1. The van der Waals surface area contributed by atoms with Gasteiger partial charge < -0.3 is 15.8 Å². The van der Waals surface area contributed by atoms with Crippen molar-refractivity contribution < 1.29 is 9.53 Å². The molecule has 0 heterocycles. The van der Waals surface area contributed by atoms with E-state index in [-0.39, 0.29) is 30.5 Å². The number of hydrogen-bond donors (Lipinski definition) is 2. The van der Waals surface area contributed by atoms with E-state index in [2.05, 4.69) is 5.32 Å². The minimum absolute atomic E-state index is 0. The Balaban J connectivity index is 0.00000288. The molecule has 24 heavy (non-hydrogen) atoms. The molecule has 4 nitrogen and oxygen atoms in total. The molecule has 0 aliphatic heterocycles. The first-order valence-corrected chi connectivity index (χ1v) is 7.86. The zero-order valence-corrected chi connectivity index (χ0v) is 15.1. The molecule has 1 unspecified atom stereocenters. The molecule has 130 valence electrons. The van der Waals surface area contributed by atoms with Gasteiger partial charge >= 0.3 is 0 Å². The average Bonchev–Trinajstić information content (AvgIpc) is 2.54. The minimum atomic E-state index is -0.104. The number of rotatable bonds is 6. The summed E-state index contributed by atoms with van der Waals surface area (Å²) in [5, 5.41) is 3.00. The zero-order valence-electron chi connectivity index (χ0n) is 14.3. The summed E-state index contributed by atoms with van der Waals surface area (Å²) in [4.78, 5) is 12.3. The predicted molar refractivity (Wildman–Crippen MR) is 99.7 cm³/mol. The number of hydrogen-bond acceptors (Lipinski definition) is 3. The van der Waals surface area contributed by atoms with Gasteiger partial charge in [-0.3, -0.25) is 4.79 Å². The lowest BCUT2D eigenvalue weighted by molar-refractivity contribution is 0.0939. The summed E-state index contributed by atoms with van der Waals surface area (Å²) >= 11 is 0. The lowest BCUT2D eigenvalue weighted by Crippen LogP contribution is -2.26. The summed E-state index contributed by atoms with van der Waals surface area (Å²) in [7, 11) is 0. The number of amides is 1. The van der Waals surface area contributed by atoms with E-state index < -0.39 is 0 Å². The molecule has 0 saturated heterocycles. The van der Waals surface area contributed by atoms with Gasteiger partial charge in [-0.1, -0.05) is 24.3 Å². The van der Waals surface area contributed by atoms with Crippen LogP contribution in [0.4, 0.5) is 0 Å². The maximum absolute atomic E-state index is 12.3. The fraction of sp³-hybridized carbons (Fsp3) is 0.316. The van der Waals surface area contributed by atoms with Crippen LogP contribution in [0, 0.1) is 0 Å². The summed E-state index contributed by atoms with van der Waals surface area (Å²) < 4.78 is 5.70. The van der Waals surface area contributed by atoms with Gasteiger partial charge in [0.25, 0.3) is 5.91 Å². The highest BCUT2D eigenvalue weighted by Crippen LogP contribution is 2.20. The minimum Gasteiger partial charge on any atom is -0.491 e. The molecule has 2 aromatic rings. The molecule has 0 aliphatic rings. The third kappa shape index (κ3) is 5.55. The summed E-state index contributed by atoms with van der Waals surface area (Å²) in [6.45, 7) is 6.41. The second kappa shape index (κ2) is 9.30. The Morgan fingerprint density at radius 2 is 1.79 bits per heavy atom. The molecule has 1 amide bonds. The predicted octanol–water partition coefficient (Wildman–Crippen LogP) is 3.85. The first-order valence-electron chi connectivity index (χ1n) is 7.86. The van der Waals surface area contributed by atoms with Crippen LogP contribution in [0.3, 0.4) is 0 Å². The maximum atomic E-state index is 12.3. The highest BCUT2D eigenvalue weighted by molar-refractivity contribution is 5.94. The summed E-state index contributed by atoms with van der Waals surface area (Å²) in [5.41, 5.74) is 8.21. The molecule has 0 saturated carbocycles. The van der Waals surface area contributed by atoms with Gasteiger partial charge in [-0.05, 0) is 56.2 Å². The lowest BCUT2D eigenvalue weighted by atomic mass is 10.1. The van der Waals surface area contributed by atoms with Crippen molar-refractivity contribution in [3.8, 4) is 5.75 Å². The van der Waals surface area contributed by atoms with Crippen LogP contribution in [0.5, 0.6) is 5.75 Å². The largest absolute Gasteiger partial charge is 0.491 e. The second-order valence-corrected chi connectivity index (χ2v) is 5.84. The monoisotopic (exact) mass is 348 g/mol. The van der Waals surface area contributed by atoms with Crippen LogP contribution in [0.15, 0.2) is 48.5 Å². The van der Waals surface area contributed by atoms with Crippen LogP contribution in [0.1, 0.15) is 48.3 Å². The number of benzene rings is 2. The Hall–Kier alpha value is -2.04. The van der Waals surface area contributed by atoms with Gasteiger partial charge in [-0.25, -0.2) is 0 Å². The fourth-order valence-corrected chi connectivity index (χ4v) is 2.28. The van der Waals surface area contributed by atoms with E-state index in [1.54, 1.807) is 12.1 Å². The average molecular weight is 349 g/mol. The van der Waals surface area contributed by atoms with Gasteiger partial charge in [0.05, 0.1) is 12.1 Å². The molecular formula is C19H25ClN2O2. The molecular weight excluding hydrogens is 324 g/mol. The van der Waals surface area contributed by atoms with E-state index in [1.165, 1.54) is 0 Å². The number of ether oxygens (including phenoxy) is 1. The van der Waals surface area contributed by atoms with Crippen molar-refractivity contribution in [1.29, 1.82) is 0 Å². The van der Waals surface area contributed by atoms with E-state index in [4.69, 9.17) is 10.5 Å². The van der Waals surface area contributed by atoms with Crippen LogP contribution in [-0.4, -0.2) is 12.0 Å². The molecule has 3 N–H and O–H groups in total. The first kappa shape index (κ1) is 20.0. The number of nitrogens with two attached hydrogens (primary N) is 1. The maximum Gasteiger partial charge on any atom is 0.251 e. The standard InChI is InChI=1S/C19H24N2O2.ClH/c1-13(2)23-18-6-4-5-17(11-18)14(3)21-19(22)16-9-7-15(12-20)8-10-16;/h4-11,13-14H,12,20H2,1-3H3,(H,21,22);1H. The fourth-order valence-electron chi connectivity index (χ4n) is 2.28. The van der Waals surface area contributed by atoms with Crippen molar-refractivity contribution in [2.45, 2.75) is 39.5 Å². The van der Waals surface area contributed by atoms with E-state index in [1.807, 2.05) is 57.2 Å². The van der Waals surface area contributed by atoms with Crippen molar-refractivity contribution >= 4 is 18.3 Å². The molecule has 0 aliphatic carbocycles. The van der Waals surface area contributed by atoms with E-state index in [9.17, 15) is 4.79 Å². The third-order valence-electron chi connectivity index (χ3n) is 3.53. The normalized spacial score (nSPS) is 11.5. The Morgan fingerprint density at radius 3 is 2.38 bits per heavy atom. The van der Waals surface area contributed by atoms with Gasteiger partial charge in [-0.2, -0.15) is 0 Å². The number of halogens is 1. The Kier molecular flexibility index (Phi) is 7.75. The van der Waals surface area contributed by atoms with Crippen molar-refractivity contribution in [2.24, 2.45) is 5.73 Å². The Labute approximate surface area is 149 Å². The highest BCUT2D eigenvalue weighted by atomic mass is 35.5. The van der Waals surface area contributed by atoms with Crippen LogP contribution < -0.4 is 15.8 Å². The van der Waals surface area contributed by atoms with Gasteiger partial charge in [0.1, 0.15) is 5.75 Å². The van der Waals surface area contributed by atoms with Crippen LogP contribution in [0.25, 0.3) is 0 Å². The molecule has 0 bridgehead atoms. The molecule has 2 rings (SSSR count). The van der Waals surface area contributed by atoms with E-state index in [0.717, 1.165) is 16.9 Å². The molecule has 0 aromatic heterocycles. The lowest BCUT2D eigenvalue weighted by Gasteiger charge is -2.16. The van der Waals surface area contributed by atoms with Gasteiger partial charge in [0.15, 0.2) is 0 Å². The molecule has 0 spiro atoms. The highest BCUT2D eigenvalue weighted by Gasteiger charge is 2.12. The molecule has 1 atom stereocenters. The van der Waals surface area contributed by atoms with Crippen molar-refractivity contribution in [3.05, 3.63) is 65.2 Å². The SMILES string of the molecule is CC(C)Oc1cccc(C(C)NC(=O)c2ccc(CN)cc2)c1.Cl. The second-order valence-electron chi connectivity index (χ2n) is 5.84. The molecule has 0 fully saturated rings. The van der Waals surface area contributed by atoms with Crippen molar-refractivity contribution in [1.82, 2.24) is 5.32 Å². The van der Waals surface area contributed by atoms with E-state index in [0.29, 0.717) is 12.1 Å². The quantitative estimate of drug-likeness (QED) is 0.833. The summed E-state index contributed by atoms with van der Waals surface area (Å²) in [6.07, 6.45) is 0.121. The van der Waals surface area contributed by atoms with Crippen molar-refractivity contribution in [3.63, 3.8) is 0 Å². The van der Waals surface area contributed by atoms with Crippen LogP contribution in [0.2, 0.25) is 0 Å². The zero-order chi connectivity index (χ0) is 16.8. The van der Waals surface area contributed by atoms with Crippen molar-refractivity contribution in [2.75, 3.05) is 0 Å². The van der Waals surface area contributed by atoms with Crippen LogP contribution in [-0.2, 0) is 6.54 Å². The Morgan fingerprint density at radius 1 is 1.12 bits per heavy atom. The van der Waals surface area contributed by atoms with Crippen LogP contribution >= 0.6 is 12.4 Å². The summed E-state index contributed by atoms with van der Waals surface area (Å²) in [6, 6.07) is 15.0. The topological polar surface area (TPSA) is 64.3 Å². The smallest absolute Gasteiger partial charge is 0.251 e. The Bertz CT molecular complexity index is 657. The van der Waals surface area contributed by atoms with Gasteiger partial charge in [0, 0.05) is 12.1 Å². The van der Waals surface area contributed by atoms with E-state index >= 15 is 0 Å².